The van der Waals surface area contributed by atoms with E-state index >= 15 is 0 Å². The minimum atomic E-state index is -0.226. The van der Waals surface area contributed by atoms with Crippen LogP contribution in [0.25, 0.3) is 0 Å². The lowest BCUT2D eigenvalue weighted by atomic mass is 9.64. The monoisotopic (exact) mass is 314 g/mol. The van der Waals surface area contributed by atoms with E-state index in [1.54, 1.807) is 0 Å². The Morgan fingerprint density at radius 2 is 1.45 bits per heavy atom. The van der Waals surface area contributed by atoms with Crippen LogP contribution in [0.1, 0.15) is 93.4 Å². The minimum absolute atomic E-state index is 0.204. The Morgan fingerprint density at radius 3 is 1.77 bits per heavy atom. The van der Waals surface area contributed by atoms with Crippen molar-refractivity contribution < 1.29 is 4.79 Å². The molecule has 0 heterocycles. The predicted octanol–water partition coefficient (Wildman–Crippen LogP) is 4.89. The molecule has 0 aliphatic rings. The predicted molar refractivity (Wildman–Crippen MR) is 99.0 cm³/mol. The third kappa shape index (κ3) is 6.68. The van der Waals surface area contributed by atoms with Gasteiger partial charge in [-0.05, 0) is 31.1 Å². The van der Waals surface area contributed by atoms with Crippen LogP contribution in [0, 0.1) is 10.8 Å². The molecule has 0 rings (SSSR count). The second kappa shape index (κ2) is 12.9. The van der Waals surface area contributed by atoms with Crippen molar-refractivity contribution in [3.05, 3.63) is 0 Å². The molecule has 0 radical (unpaired) electrons. The van der Waals surface area contributed by atoms with Gasteiger partial charge in [-0.25, -0.2) is 0 Å². The van der Waals surface area contributed by atoms with Crippen LogP contribution in [0.5, 0.6) is 0 Å². The van der Waals surface area contributed by atoms with Gasteiger partial charge in [0.2, 0.25) is 5.91 Å². The van der Waals surface area contributed by atoms with Gasteiger partial charge in [0.15, 0.2) is 0 Å². The summed E-state index contributed by atoms with van der Waals surface area (Å²) in [5, 5.41) is 3.02. The second-order valence-corrected chi connectivity index (χ2v) is 6.17. The fourth-order valence-electron chi connectivity index (χ4n) is 3.46. The Bertz CT molecular complexity index is 269. The number of amides is 1. The van der Waals surface area contributed by atoms with Crippen molar-refractivity contribution in [2.45, 2.75) is 93.4 Å². The fraction of sp³-hybridized carbons (Fsp3) is 0.947. The fourth-order valence-corrected chi connectivity index (χ4v) is 3.46. The molecule has 0 aromatic heterocycles. The summed E-state index contributed by atoms with van der Waals surface area (Å²) in [6.45, 7) is 16.2. The van der Waals surface area contributed by atoms with Crippen molar-refractivity contribution in [1.82, 2.24) is 5.32 Å². The van der Waals surface area contributed by atoms with Crippen LogP contribution in [0.2, 0.25) is 0 Å². The summed E-state index contributed by atoms with van der Waals surface area (Å²) in [5.74, 6) is 0.204. The lowest BCUT2D eigenvalue weighted by molar-refractivity contribution is -0.134. The van der Waals surface area contributed by atoms with Gasteiger partial charge >= 0.3 is 0 Å². The van der Waals surface area contributed by atoms with Crippen molar-refractivity contribution >= 4 is 5.91 Å². The molecule has 3 N–H and O–H groups in total. The molecule has 0 aliphatic carbocycles. The van der Waals surface area contributed by atoms with E-state index in [1.807, 2.05) is 13.8 Å². The Morgan fingerprint density at radius 1 is 0.955 bits per heavy atom. The van der Waals surface area contributed by atoms with E-state index in [0.29, 0.717) is 18.5 Å². The second-order valence-electron chi connectivity index (χ2n) is 6.17. The molecule has 1 amide bonds. The van der Waals surface area contributed by atoms with Crippen molar-refractivity contribution in [3.63, 3.8) is 0 Å². The van der Waals surface area contributed by atoms with Gasteiger partial charge in [-0.2, -0.15) is 0 Å². The van der Waals surface area contributed by atoms with E-state index in [9.17, 15) is 4.79 Å². The number of nitrogens with two attached hydrogens (primary N) is 1. The third-order valence-electron chi connectivity index (χ3n) is 5.26. The van der Waals surface area contributed by atoms with Gasteiger partial charge in [-0.1, -0.05) is 67.7 Å². The van der Waals surface area contributed by atoms with E-state index in [2.05, 4.69) is 39.9 Å². The Kier molecular flexibility index (Phi) is 13.9. The molecule has 0 saturated carbocycles. The van der Waals surface area contributed by atoms with Gasteiger partial charge in [0.25, 0.3) is 0 Å². The number of hydrogen-bond donors (Lipinski definition) is 2. The first kappa shape index (κ1) is 23.7. The van der Waals surface area contributed by atoms with Crippen LogP contribution in [-0.2, 0) is 4.79 Å². The Hall–Kier alpha value is -0.570. The average Bonchev–Trinajstić information content (AvgIpc) is 2.58. The topological polar surface area (TPSA) is 55.1 Å². The summed E-state index contributed by atoms with van der Waals surface area (Å²) in [6.07, 6.45) is 7.54. The first-order valence-electron chi connectivity index (χ1n) is 9.48. The largest absolute Gasteiger partial charge is 0.354 e. The molecule has 3 nitrogen and oxygen atoms in total. The van der Waals surface area contributed by atoms with E-state index < -0.39 is 0 Å². The van der Waals surface area contributed by atoms with E-state index in [-0.39, 0.29) is 11.3 Å². The molecule has 0 spiro atoms. The molecular weight excluding hydrogens is 272 g/mol. The van der Waals surface area contributed by atoms with Gasteiger partial charge in [0, 0.05) is 18.5 Å². The molecule has 3 heteroatoms. The van der Waals surface area contributed by atoms with Crippen molar-refractivity contribution in [2.75, 3.05) is 13.1 Å². The molecule has 0 aromatic carbocycles. The highest BCUT2D eigenvalue weighted by Gasteiger charge is 2.41. The van der Waals surface area contributed by atoms with Crippen LogP contribution < -0.4 is 11.1 Å². The maximum absolute atomic E-state index is 12.6. The maximum Gasteiger partial charge on any atom is 0.226 e. The summed E-state index contributed by atoms with van der Waals surface area (Å²) in [4.78, 5) is 12.6. The third-order valence-corrected chi connectivity index (χ3v) is 5.26. The summed E-state index contributed by atoms with van der Waals surface area (Å²) in [7, 11) is 0. The molecule has 22 heavy (non-hydrogen) atoms. The summed E-state index contributed by atoms with van der Waals surface area (Å²) in [5.41, 5.74) is 5.60. The standard InChI is InChI=1S/C17H36N2O.C2H6/c1-6-11-16(7-2,8-3)14-17(9-4,10-5)15(20)19-13-12-18;1-2/h6-14,18H2,1-5H3,(H,19,20);1-2H3. The summed E-state index contributed by atoms with van der Waals surface area (Å²) >= 11 is 0. The molecule has 0 fully saturated rings. The van der Waals surface area contributed by atoms with Crippen LogP contribution in [0.15, 0.2) is 0 Å². The molecule has 0 aromatic rings. The number of carbonyl (C=O) groups excluding carboxylic acids is 1. The Balaban J connectivity index is 0. The quantitative estimate of drug-likeness (QED) is 0.570. The number of hydrogen-bond acceptors (Lipinski definition) is 2. The van der Waals surface area contributed by atoms with Gasteiger partial charge in [-0.15, -0.1) is 0 Å². The zero-order valence-electron chi connectivity index (χ0n) is 16.3. The Labute approximate surface area is 139 Å². The zero-order valence-corrected chi connectivity index (χ0v) is 16.3. The number of nitrogens with one attached hydrogen (secondary N) is 1. The van der Waals surface area contributed by atoms with E-state index in [1.165, 1.54) is 12.8 Å². The molecule has 0 saturated heterocycles. The first-order chi connectivity index (χ1) is 10.5. The number of rotatable bonds is 11. The molecular formula is C19H42N2O. The lowest BCUT2D eigenvalue weighted by Gasteiger charge is -2.41. The molecule has 0 unspecified atom stereocenters. The van der Waals surface area contributed by atoms with Crippen molar-refractivity contribution in [1.29, 1.82) is 0 Å². The molecule has 134 valence electrons. The zero-order chi connectivity index (χ0) is 17.6. The summed E-state index contributed by atoms with van der Waals surface area (Å²) in [6, 6.07) is 0. The smallest absolute Gasteiger partial charge is 0.226 e. The van der Waals surface area contributed by atoms with Gasteiger partial charge in [0.1, 0.15) is 0 Å². The van der Waals surface area contributed by atoms with Crippen LogP contribution in [0.3, 0.4) is 0 Å². The van der Waals surface area contributed by atoms with Gasteiger partial charge in [-0.3, -0.25) is 4.79 Å². The maximum atomic E-state index is 12.6. The molecule has 0 bridgehead atoms. The van der Waals surface area contributed by atoms with Gasteiger partial charge in [0.05, 0.1) is 0 Å². The van der Waals surface area contributed by atoms with E-state index in [4.69, 9.17) is 5.73 Å². The van der Waals surface area contributed by atoms with Crippen LogP contribution in [-0.4, -0.2) is 19.0 Å². The number of carbonyl (C=O) groups is 1. The van der Waals surface area contributed by atoms with Crippen LogP contribution >= 0.6 is 0 Å². The van der Waals surface area contributed by atoms with Crippen LogP contribution in [0.4, 0.5) is 0 Å². The SMILES string of the molecule is CC.CCCC(CC)(CC)CC(CC)(CC)C(=O)NCCN. The van der Waals surface area contributed by atoms with E-state index in [0.717, 1.165) is 32.1 Å². The average molecular weight is 315 g/mol. The van der Waals surface area contributed by atoms with Crippen molar-refractivity contribution in [2.24, 2.45) is 16.6 Å². The van der Waals surface area contributed by atoms with Gasteiger partial charge < -0.3 is 11.1 Å². The highest BCUT2D eigenvalue weighted by molar-refractivity contribution is 5.82. The van der Waals surface area contributed by atoms with Crippen molar-refractivity contribution in [3.8, 4) is 0 Å². The highest BCUT2D eigenvalue weighted by atomic mass is 16.2. The summed E-state index contributed by atoms with van der Waals surface area (Å²) < 4.78 is 0. The lowest BCUT2D eigenvalue weighted by Crippen LogP contribution is -2.45. The normalized spacial score (nSPS) is 11.6. The molecule has 0 atom stereocenters. The first-order valence-corrected chi connectivity index (χ1v) is 9.48. The molecule has 0 aliphatic heterocycles. The highest BCUT2D eigenvalue weighted by Crippen LogP contribution is 2.46. The minimum Gasteiger partial charge on any atom is -0.354 e.